The van der Waals surface area contributed by atoms with Crippen molar-refractivity contribution in [1.29, 1.82) is 0 Å². The number of aromatic nitrogens is 1. The summed E-state index contributed by atoms with van der Waals surface area (Å²) in [5, 5.41) is 0. The van der Waals surface area contributed by atoms with E-state index in [1.165, 1.54) is 0 Å². The van der Waals surface area contributed by atoms with Crippen LogP contribution in [-0.4, -0.2) is 42.5 Å². The number of amidine groups is 1. The molecule has 6 nitrogen and oxygen atoms in total. The number of nitrogens with zero attached hydrogens (tertiary/aromatic N) is 3. The maximum atomic E-state index is 14.0. The third-order valence-corrected chi connectivity index (χ3v) is 7.67. The molecule has 2 saturated heterocycles. The number of hydrogen-bond donors (Lipinski definition) is 0. The molecular formula is C21H19F4N3O3S. The van der Waals surface area contributed by atoms with E-state index in [0.29, 0.717) is 30.7 Å². The number of hydrogen-bond acceptors (Lipinski definition) is 5. The molecule has 3 fully saturated rings. The van der Waals surface area contributed by atoms with Crippen LogP contribution in [0.5, 0.6) is 11.6 Å². The fourth-order valence-corrected chi connectivity index (χ4v) is 5.99. The van der Waals surface area contributed by atoms with Crippen molar-refractivity contribution in [2.45, 2.75) is 43.3 Å². The van der Waals surface area contributed by atoms with Crippen molar-refractivity contribution < 1.29 is 30.7 Å². The van der Waals surface area contributed by atoms with E-state index < -0.39 is 38.9 Å². The largest absolute Gasteiger partial charge is 0.436 e. The molecule has 0 atom stereocenters. The Balaban J connectivity index is 1.43. The fourth-order valence-electron chi connectivity index (χ4n) is 4.92. The zero-order valence-electron chi connectivity index (χ0n) is 16.8. The molecule has 1 aliphatic carbocycles. The van der Waals surface area contributed by atoms with Gasteiger partial charge in [-0.3, -0.25) is 0 Å². The molecule has 4 heterocycles. The third-order valence-electron chi connectivity index (χ3n) is 6.52. The van der Waals surface area contributed by atoms with Crippen molar-refractivity contribution in [1.82, 2.24) is 9.88 Å². The van der Waals surface area contributed by atoms with Crippen LogP contribution in [0.4, 0.5) is 17.6 Å². The highest BCUT2D eigenvalue weighted by molar-refractivity contribution is 7.90. The van der Waals surface area contributed by atoms with Gasteiger partial charge in [-0.25, -0.2) is 17.8 Å². The number of sulfonamides is 1. The first-order valence-electron chi connectivity index (χ1n) is 10.2. The Morgan fingerprint density at radius 1 is 1.12 bits per heavy atom. The third kappa shape index (κ3) is 3.52. The van der Waals surface area contributed by atoms with E-state index in [-0.39, 0.29) is 11.5 Å². The van der Waals surface area contributed by atoms with Crippen LogP contribution in [0.2, 0.25) is 0 Å². The van der Waals surface area contributed by atoms with Gasteiger partial charge in [0, 0.05) is 18.8 Å². The number of ether oxygens (including phenoxy) is 1. The molecule has 4 aliphatic rings. The number of piperidine rings is 2. The van der Waals surface area contributed by atoms with Crippen molar-refractivity contribution in [3.05, 3.63) is 53.5 Å². The lowest BCUT2D eigenvalue weighted by Crippen LogP contribution is -2.62. The number of benzene rings is 1. The summed E-state index contributed by atoms with van der Waals surface area (Å²) in [6.07, 6.45) is -0.746. The standard InChI is InChI=1S/C21H19F4N3O3S/c22-17-11-14(21(23,24)25)12-26-18(17)31-16-3-1-13(2-4-16)20-7-5-15(6-8-20)28-9-10-32(29,30)27-19(20)28/h1-4,11-12,15H,5-10H2. The van der Waals surface area contributed by atoms with Gasteiger partial charge in [-0.05, 0) is 49.4 Å². The van der Waals surface area contributed by atoms with Crippen LogP contribution >= 0.6 is 0 Å². The monoisotopic (exact) mass is 469 g/mol. The van der Waals surface area contributed by atoms with Gasteiger partial charge in [0.05, 0.1) is 16.7 Å². The second-order valence-corrected chi connectivity index (χ2v) is 10.1. The fraction of sp³-hybridized carbons (Fsp3) is 0.429. The summed E-state index contributed by atoms with van der Waals surface area (Å²) < 4.78 is 86.0. The average Bonchev–Trinajstić information content (AvgIpc) is 2.75. The highest BCUT2D eigenvalue weighted by Crippen LogP contribution is 2.49. The lowest BCUT2D eigenvalue weighted by molar-refractivity contribution is -0.138. The van der Waals surface area contributed by atoms with Crippen LogP contribution < -0.4 is 4.74 Å². The number of fused-ring (bicyclic) bond motifs is 2. The molecule has 0 radical (unpaired) electrons. The highest BCUT2D eigenvalue weighted by atomic mass is 32.2. The molecule has 0 amide bonds. The summed E-state index contributed by atoms with van der Waals surface area (Å²) >= 11 is 0. The highest BCUT2D eigenvalue weighted by Gasteiger charge is 2.52. The first-order chi connectivity index (χ1) is 15.1. The maximum absolute atomic E-state index is 14.0. The molecule has 2 aromatic rings. The topological polar surface area (TPSA) is 71.9 Å². The second-order valence-electron chi connectivity index (χ2n) is 8.34. The van der Waals surface area contributed by atoms with E-state index in [2.05, 4.69) is 14.3 Å². The van der Waals surface area contributed by atoms with Gasteiger partial charge in [0.2, 0.25) is 0 Å². The molecule has 3 aliphatic heterocycles. The van der Waals surface area contributed by atoms with E-state index in [4.69, 9.17) is 4.74 Å². The van der Waals surface area contributed by atoms with Gasteiger partial charge in [0.15, 0.2) is 5.82 Å². The van der Waals surface area contributed by atoms with Crippen LogP contribution in [0.1, 0.15) is 36.8 Å². The predicted molar refractivity (Wildman–Crippen MR) is 108 cm³/mol. The SMILES string of the molecule is O=S1(=O)CCN2C(=N1)C1(c3ccc(Oc4ncc(C(F)(F)F)cc4F)cc3)CCC2CC1. The van der Waals surface area contributed by atoms with Crippen molar-refractivity contribution in [3.63, 3.8) is 0 Å². The first kappa shape index (κ1) is 21.2. The van der Waals surface area contributed by atoms with Crippen molar-refractivity contribution in [2.24, 2.45) is 4.40 Å². The van der Waals surface area contributed by atoms with Gasteiger partial charge in [-0.2, -0.15) is 13.2 Å². The maximum Gasteiger partial charge on any atom is 0.417 e. The Morgan fingerprint density at radius 3 is 2.44 bits per heavy atom. The first-order valence-corrected chi connectivity index (χ1v) is 11.8. The minimum atomic E-state index is -4.70. The molecule has 1 aromatic heterocycles. The Bertz CT molecular complexity index is 1190. The van der Waals surface area contributed by atoms with Crippen molar-refractivity contribution in [2.75, 3.05) is 12.3 Å². The molecular weight excluding hydrogens is 450 g/mol. The molecule has 0 N–H and O–H groups in total. The molecule has 2 bridgehead atoms. The zero-order chi connectivity index (χ0) is 22.7. The predicted octanol–water partition coefficient (Wildman–Crippen LogP) is 4.27. The van der Waals surface area contributed by atoms with Gasteiger partial charge < -0.3 is 9.64 Å². The van der Waals surface area contributed by atoms with E-state index in [1.54, 1.807) is 24.3 Å². The van der Waals surface area contributed by atoms with E-state index in [0.717, 1.165) is 31.2 Å². The summed E-state index contributed by atoms with van der Waals surface area (Å²) in [7, 11) is -3.50. The molecule has 0 spiro atoms. The number of alkyl halides is 3. The Labute approximate surface area is 182 Å². The molecule has 170 valence electrons. The quantitative estimate of drug-likeness (QED) is 0.628. The normalized spacial score (nSPS) is 26.4. The lowest BCUT2D eigenvalue weighted by atomic mass is 9.63. The van der Waals surface area contributed by atoms with E-state index in [1.807, 2.05) is 0 Å². The number of rotatable bonds is 3. The molecule has 32 heavy (non-hydrogen) atoms. The minimum absolute atomic E-state index is 0.0154. The summed E-state index contributed by atoms with van der Waals surface area (Å²) in [6, 6.07) is 7.34. The van der Waals surface area contributed by atoms with Crippen LogP contribution in [0, 0.1) is 5.82 Å². The summed E-state index contributed by atoms with van der Waals surface area (Å²) in [5.74, 6) is -0.964. The van der Waals surface area contributed by atoms with Crippen LogP contribution in [0.3, 0.4) is 0 Å². The van der Waals surface area contributed by atoms with Gasteiger partial charge >= 0.3 is 6.18 Å². The molecule has 1 saturated carbocycles. The van der Waals surface area contributed by atoms with Crippen molar-refractivity contribution >= 4 is 15.9 Å². The van der Waals surface area contributed by atoms with Gasteiger partial charge in [0.25, 0.3) is 15.9 Å². The summed E-state index contributed by atoms with van der Waals surface area (Å²) in [6.45, 7) is 0.438. The van der Waals surface area contributed by atoms with E-state index in [9.17, 15) is 26.0 Å². The molecule has 11 heteroatoms. The summed E-state index contributed by atoms with van der Waals surface area (Å²) in [4.78, 5) is 5.56. The second kappa shape index (κ2) is 7.16. The average molecular weight is 469 g/mol. The summed E-state index contributed by atoms with van der Waals surface area (Å²) in [5.41, 5.74) is -0.833. The minimum Gasteiger partial charge on any atom is -0.436 e. The lowest BCUT2D eigenvalue weighted by Gasteiger charge is -2.55. The molecule has 0 unspecified atom stereocenters. The molecule has 1 aromatic carbocycles. The van der Waals surface area contributed by atoms with Crippen LogP contribution in [0.15, 0.2) is 40.9 Å². The Morgan fingerprint density at radius 2 is 1.81 bits per heavy atom. The van der Waals surface area contributed by atoms with Gasteiger partial charge in [0.1, 0.15) is 11.6 Å². The number of pyridine rings is 1. The zero-order valence-corrected chi connectivity index (χ0v) is 17.6. The molecule has 6 rings (SSSR count). The smallest absolute Gasteiger partial charge is 0.417 e. The van der Waals surface area contributed by atoms with Gasteiger partial charge in [-0.1, -0.05) is 12.1 Å². The van der Waals surface area contributed by atoms with Crippen LogP contribution in [-0.2, 0) is 21.6 Å². The number of halogens is 4. The van der Waals surface area contributed by atoms with Crippen molar-refractivity contribution in [3.8, 4) is 11.6 Å². The van der Waals surface area contributed by atoms with Crippen LogP contribution in [0.25, 0.3) is 0 Å². The van der Waals surface area contributed by atoms with Gasteiger partial charge in [-0.15, -0.1) is 4.40 Å². The van der Waals surface area contributed by atoms with E-state index >= 15 is 0 Å². The Kier molecular flexibility index (Phi) is 4.74. The Hall–Kier alpha value is -2.69.